The van der Waals surface area contributed by atoms with Crippen LogP contribution in [-0.4, -0.2) is 44.6 Å². The highest BCUT2D eigenvalue weighted by Gasteiger charge is 2.37. The van der Waals surface area contributed by atoms with E-state index < -0.39 is 17.2 Å². The van der Waals surface area contributed by atoms with E-state index in [9.17, 15) is 13.9 Å². The number of nitrogens with zero attached hydrogens (tertiary/aromatic N) is 4. The number of hydrogen-bond acceptors (Lipinski definition) is 4. The summed E-state index contributed by atoms with van der Waals surface area (Å²) in [7, 11) is 0. The van der Waals surface area contributed by atoms with Gasteiger partial charge in [-0.15, -0.1) is 5.10 Å². The second-order valence-electron chi connectivity index (χ2n) is 7.09. The van der Waals surface area contributed by atoms with Crippen molar-refractivity contribution in [3.05, 3.63) is 47.3 Å². The standard InChI is InChI=1S/C18H24F2N4O/c1-13(2)24-11-17(21-22-24)18(25)7-3-8-23(12-18)9-6-14-4-5-15(19)16(20)10-14/h4-5,10-11,13,25H,3,6-9,12H2,1-2H3/t18-/m0/s1. The average molecular weight is 350 g/mol. The van der Waals surface area contributed by atoms with Gasteiger partial charge in [-0.25, -0.2) is 13.5 Å². The summed E-state index contributed by atoms with van der Waals surface area (Å²) in [4.78, 5) is 2.14. The number of benzene rings is 1. The van der Waals surface area contributed by atoms with E-state index in [2.05, 4.69) is 15.2 Å². The molecule has 2 aromatic rings. The van der Waals surface area contributed by atoms with Crippen molar-refractivity contribution in [2.24, 2.45) is 0 Å². The monoisotopic (exact) mass is 350 g/mol. The Morgan fingerprint density at radius 2 is 2.08 bits per heavy atom. The lowest BCUT2D eigenvalue weighted by Crippen LogP contribution is -2.47. The van der Waals surface area contributed by atoms with Gasteiger partial charge in [0.2, 0.25) is 0 Å². The summed E-state index contributed by atoms with van der Waals surface area (Å²) in [6.45, 7) is 6.03. The van der Waals surface area contributed by atoms with Crippen LogP contribution in [0.5, 0.6) is 0 Å². The first kappa shape index (κ1) is 17.9. The van der Waals surface area contributed by atoms with Gasteiger partial charge in [0, 0.05) is 19.1 Å². The lowest BCUT2D eigenvalue weighted by molar-refractivity contribution is -0.0385. The van der Waals surface area contributed by atoms with Crippen LogP contribution >= 0.6 is 0 Å². The van der Waals surface area contributed by atoms with E-state index in [4.69, 9.17) is 0 Å². The molecule has 1 saturated heterocycles. The first-order chi connectivity index (χ1) is 11.9. The highest BCUT2D eigenvalue weighted by Crippen LogP contribution is 2.30. The second-order valence-corrected chi connectivity index (χ2v) is 7.09. The van der Waals surface area contributed by atoms with Gasteiger partial charge in [0.15, 0.2) is 11.6 Å². The van der Waals surface area contributed by atoms with Crippen molar-refractivity contribution in [3.63, 3.8) is 0 Å². The second kappa shape index (κ2) is 7.17. The molecule has 1 aliphatic heterocycles. The number of piperidine rings is 1. The molecule has 0 spiro atoms. The maximum atomic E-state index is 13.3. The Kier molecular flexibility index (Phi) is 5.15. The Balaban J connectivity index is 1.64. The molecule has 1 fully saturated rings. The van der Waals surface area contributed by atoms with Crippen LogP contribution in [0.3, 0.4) is 0 Å². The van der Waals surface area contributed by atoms with Crippen LogP contribution in [0, 0.1) is 11.6 Å². The topological polar surface area (TPSA) is 54.2 Å². The van der Waals surface area contributed by atoms with Gasteiger partial charge in [-0.2, -0.15) is 0 Å². The average Bonchev–Trinajstić information content (AvgIpc) is 3.07. The first-order valence-electron chi connectivity index (χ1n) is 8.68. The summed E-state index contributed by atoms with van der Waals surface area (Å²) in [5.41, 5.74) is 0.330. The van der Waals surface area contributed by atoms with Gasteiger partial charge in [0.25, 0.3) is 0 Å². The fraction of sp³-hybridized carbons (Fsp3) is 0.556. The molecule has 0 saturated carbocycles. The molecule has 1 atom stereocenters. The Bertz CT molecular complexity index is 734. The van der Waals surface area contributed by atoms with Crippen molar-refractivity contribution in [1.82, 2.24) is 19.9 Å². The zero-order valence-electron chi connectivity index (χ0n) is 14.6. The molecule has 1 aromatic heterocycles. The Hall–Kier alpha value is -1.86. The van der Waals surface area contributed by atoms with E-state index >= 15 is 0 Å². The SMILES string of the molecule is CC(C)n1cc([C@]2(O)CCCN(CCc3ccc(F)c(F)c3)C2)nn1. The summed E-state index contributed by atoms with van der Waals surface area (Å²) in [6, 6.07) is 4.18. The lowest BCUT2D eigenvalue weighted by atomic mass is 9.90. The fourth-order valence-electron chi connectivity index (χ4n) is 3.25. The number of halogens is 2. The van der Waals surface area contributed by atoms with E-state index in [1.54, 1.807) is 10.7 Å². The van der Waals surface area contributed by atoms with E-state index in [1.807, 2.05) is 20.0 Å². The Morgan fingerprint density at radius 1 is 1.28 bits per heavy atom. The van der Waals surface area contributed by atoms with Gasteiger partial charge in [-0.05, 0) is 57.4 Å². The molecule has 7 heteroatoms. The van der Waals surface area contributed by atoms with Crippen molar-refractivity contribution >= 4 is 0 Å². The largest absolute Gasteiger partial charge is 0.382 e. The molecule has 0 amide bonds. The summed E-state index contributed by atoms with van der Waals surface area (Å²) in [5.74, 6) is -1.65. The zero-order chi connectivity index (χ0) is 18.0. The Morgan fingerprint density at radius 3 is 2.76 bits per heavy atom. The predicted octanol–water partition coefficient (Wildman–Crippen LogP) is 2.66. The molecule has 0 aliphatic carbocycles. The third-order valence-electron chi connectivity index (χ3n) is 4.77. The minimum absolute atomic E-state index is 0.193. The number of aliphatic hydroxyl groups is 1. The smallest absolute Gasteiger partial charge is 0.159 e. The van der Waals surface area contributed by atoms with Crippen LogP contribution in [0.2, 0.25) is 0 Å². The summed E-state index contributed by atoms with van der Waals surface area (Å²) in [5, 5.41) is 19.3. The molecule has 136 valence electrons. The van der Waals surface area contributed by atoms with Crippen molar-refractivity contribution in [2.45, 2.75) is 44.8 Å². The minimum atomic E-state index is -1.01. The highest BCUT2D eigenvalue weighted by molar-refractivity contribution is 5.18. The van der Waals surface area contributed by atoms with Gasteiger partial charge in [0.05, 0.1) is 6.20 Å². The predicted molar refractivity (Wildman–Crippen MR) is 90.0 cm³/mol. The molecule has 5 nitrogen and oxygen atoms in total. The third-order valence-corrected chi connectivity index (χ3v) is 4.77. The van der Waals surface area contributed by atoms with Gasteiger partial charge in [-0.3, -0.25) is 4.90 Å². The maximum Gasteiger partial charge on any atom is 0.159 e. The number of β-amino-alcohol motifs (C(OH)–C–C–N with tert-alkyl or cyclic N) is 1. The normalized spacial score (nSPS) is 21.8. The molecule has 2 heterocycles. The molecule has 1 aliphatic rings. The quantitative estimate of drug-likeness (QED) is 0.901. The minimum Gasteiger partial charge on any atom is -0.382 e. The third kappa shape index (κ3) is 4.04. The Labute approximate surface area is 146 Å². The fourth-order valence-corrected chi connectivity index (χ4v) is 3.25. The van der Waals surface area contributed by atoms with Crippen molar-refractivity contribution in [1.29, 1.82) is 0 Å². The summed E-state index contributed by atoms with van der Waals surface area (Å²) < 4.78 is 28.1. The molecule has 3 rings (SSSR count). The van der Waals surface area contributed by atoms with Crippen LogP contribution in [0.1, 0.15) is 44.0 Å². The van der Waals surface area contributed by atoms with Crippen LogP contribution < -0.4 is 0 Å². The van der Waals surface area contributed by atoms with Gasteiger partial charge in [0.1, 0.15) is 11.3 Å². The van der Waals surface area contributed by atoms with Gasteiger partial charge < -0.3 is 5.11 Å². The van der Waals surface area contributed by atoms with Gasteiger partial charge >= 0.3 is 0 Å². The number of aromatic nitrogens is 3. The molecule has 0 bridgehead atoms. The molecule has 25 heavy (non-hydrogen) atoms. The van der Waals surface area contributed by atoms with Gasteiger partial charge in [-0.1, -0.05) is 11.3 Å². The zero-order valence-corrected chi connectivity index (χ0v) is 14.6. The van der Waals surface area contributed by atoms with Crippen LogP contribution in [-0.2, 0) is 12.0 Å². The van der Waals surface area contributed by atoms with E-state index in [0.717, 1.165) is 24.6 Å². The lowest BCUT2D eigenvalue weighted by Gasteiger charge is -2.38. The molecule has 1 aromatic carbocycles. The van der Waals surface area contributed by atoms with Crippen LogP contribution in [0.4, 0.5) is 8.78 Å². The number of likely N-dealkylation sites (tertiary alicyclic amines) is 1. The van der Waals surface area contributed by atoms with E-state index in [-0.39, 0.29) is 6.04 Å². The van der Waals surface area contributed by atoms with Crippen molar-refractivity contribution < 1.29 is 13.9 Å². The van der Waals surface area contributed by atoms with Crippen LogP contribution in [0.15, 0.2) is 24.4 Å². The number of hydrogen-bond donors (Lipinski definition) is 1. The van der Waals surface area contributed by atoms with E-state index in [0.29, 0.717) is 31.6 Å². The molecular weight excluding hydrogens is 326 g/mol. The van der Waals surface area contributed by atoms with Crippen molar-refractivity contribution in [2.75, 3.05) is 19.6 Å². The molecule has 1 N–H and O–H groups in total. The first-order valence-corrected chi connectivity index (χ1v) is 8.68. The summed E-state index contributed by atoms with van der Waals surface area (Å²) >= 11 is 0. The summed E-state index contributed by atoms with van der Waals surface area (Å²) in [6.07, 6.45) is 3.91. The molecule has 0 unspecified atom stereocenters. The molecule has 0 radical (unpaired) electrons. The number of rotatable bonds is 5. The maximum absolute atomic E-state index is 13.3. The van der Waals surface area contributed by atoms with Crippen molar-refractivity contribution in [3.8, 4) is 0 Å². The van der Waals surface area contributed by atoms with Crippen LogP contribution in [0.25, 0.3) is 0 Å². The molecular formula is C18H24F2N4O. The van der Waals surface area contributed by atoms with E-state index in [1.165, 1.54) is 6.07 Å². The highest BCUT2D eigenvalue weighted by atomic mass is 19.2.